The monoisotopic (exact) mass is 294 g/mol. The second kappa shape index (κ2) is 9.05. The van der Waals surface area contributed by atoms with Crippen LogP contribution in [0.25, 0.3) is 0 Å². The summed E-state index contributed by atoms with van der Waals surface area (Å²) in [6, 6.07) is 5.34. The summed E-state index contributed by atoms with van der Waals surface area (Å²) in [6.07, 6.45) is 1.09. The molecule has 0 aromatic heterocycles. The van der Waals surface area contributed by atoms with Crippen molar-refractivity contribution in [2.24, 2.45) is 0 Å². The minimum absolute atomic E-state index is 0.543. The molecule has 21 heavy (non-hydrogen) atoms. The molecule has 6 heteroatoms. The number of hydrogen-bond donors (Lipinski definition) is 2. The molecule has 0 atom stereocenters. The van der Waals surface area contributed by atoms with E-state index in [1.54, 1.807) is 19.2 Å². The van der Waals surface area contributed by atoms with Crippen molar-refractivity contribution in [2.75, 3.05) is 40.8 Å². The van der Waals surface area contributed by atoms with E-state index >= 15 is 0 Å². The van der Waals surface area contributed by atoms with Crippen LogP contribution in [0.4, 0.5) is 0 Å². The molecule has 2 N–H and O–H groups in total. The van der Waals surface area contributed by atoms with E-state index in [0.717, 1.165) is 37.4 Å². The van der Waals surface area contributed by atoms with Gasteiger partial charge in [0, 0.05) is 6.54 Å². The molecule has 0 saturated carbocycles. The van der Waals surface area contributed by atoms with Gasteiger partial charge in [-0.05, 0) is 63.3 Å². The van der Waals surface area contributed by atoms with E-state index in [0.29, 0.717) is 12.0 Å². The molecule has 0 aliphatic rings. The van der Waals surface area contributed by atoms with Gasteiger partial charge in [0.2, 0.25) is 0 Å². The maximum absolute atomic E-state index is 9.49. The Labute approximate surface area is 128 Å². The predicted octanol–water partition coefficient (Wildman–Crippen LogP) is 0.149. The van der Waals surface area contributed by atoms with E-state index in [1.165, 1.54) is 0 Å². The van der Waals surface area contributed by atoms with Crippen LogP contribution in [0.15, 0.2) is 18.2 Å². The highest BCUT2D eigenvalue weighted by Crippen LogP contribution is 2.13. The van der Waals surface area contributed by atoms with Crippen molar-refractivity contribution in [3.8, 4) is 5.75 Å². The van der Waals surface area contributed by atoms with Crippen LogP contribution in [0.2, 0.25) is 0 Å². The molecule has 1 aromatic rings. The van der Waals surface area contributed by atoms with Crippen LogP contribution in [0, 0.1) is 0 Å². The van der Waals surface area contributed by atoms with Crippen molar-refractivity contribution in [3.05, 3.63) is 23.8 Å². The fourth-order valence-corrected chi connectivity index (χ4v) is 2.30. The summed E-state index contributed by atoms with van der Waals surface area (Å²) in [6.45, 7) is 5.75. The van der Waals surface area contributed by atoms with Crippen molar-refractivity contribution in [1.29, 1.82) is 0 Å². The fraction of sp³-hybridized carbons (Fsp3) is 0.600. The van der Waals surface area contributed by atoms with E-state index in [2.05, 4.69) is 30.8 Å². The van der Waals surface area contributed by atoms with Gasteiger partial charge in [-0.25, -0.2) is 0 Å². The Kier molecular flexibility index (Phi) is 7.74. The van der Waals surface area contributed by atoms with Gasteiger partial charge in [0.25, 0.3) is 0 Å². The third-order valence-corrected chi connectivity index (χ3v) is 3.55. The Morgan fingerprint density at radius 3 is 2.43 bits per heavy atom. The number of nitrogens with zero attached hydrogens (tertiary/aromatic N) is 2. The first-order chi connectivity index (χ1) is 9.97. The molecule has 1 rings (SSSR count). The van der Waals surface area contributed by atoms with Gasteiger partial charge < -0.3 is 19.7 Å². The molecule has 0 aliphatic heterocycles. The molecule has 0 spiro atoms. The highest BCUT2D eigenvalue weighted by atomic mass is 16.5. The van der Waals surface area contributed by atoms with Gasteiger partial charge in [0.1, 0.15) is 5.75 Å². The SMILES string of the molecule is CCN(CCCN(C)C)Cc1cc(OC)ccc1B(O)O. The highest BCUT2D eigenvalue weighted by molar-refractivity contribution is 6.59. The second-order valence-corrected chi connectivity index (χ2v) is 5.46. The van der Waals surface area contributed by atoms with Gasteiger partial charge in [-0.15, -0.1) is 0 Å². The second-order valence-electron chi connectivity index (χ2n) is 5.46. The topological polar surface area (TPSA) is 56.2 Å². The lowest BCUT2D eigenvalue weighted by Crippen LogP contribution is -2.36. The van der Waals surface area contributed by atoms with E-state index < -0.39 is 7.12 Å². The van der Waals surface area contributed by atoms with E-state index in [9.17, 15) is 10.0 Å². The number of hydrogen-bond acceptors (Lipinski definition) is 5. The first kappa shape index (κ1) is 18.0. The third kappa shape index (κ3) is 6.05. The largest absolute Gasteiger partial charge is 0.497 e. The lowest BCUT2D eigenvalue weighted by molar-refractivity contribution is 0.259. The van der Waals surface area contributed by atoms with Crippen LogP contribution in [0.5, 0.6) is 5.75 Å². The molecule has 0 fully saturated rings. The number of benzene rings is 1. The molecule has 118 valence electrons. The van der Waals surface area contributed by atoms with E-state index in [4.69, 9.17) is 4.74 Å². The Bertz CT molecular complexity index is 427. The summed E-state index contributed by atoms with van der Waals surface area (Å²) >= 11 is 0. The number of ether oxygens (including phenoxy) is 1. The van der Waals surface area contributed by atoms with Crippen molar-refractivity contribution in [2.45, 2.75) is 19.9 Å². The summed E-state index contributed by atoms with van der Waals surface area (Å²) < 4.78 is 5.23. The first-order valence-electron chi connectivity index (χ1n) is 7.38. The summed E-state index contributed by atoms with van der Waals surface area (Å²) in [5.41, 5.74) is 1.44. The van der Waals surface area contributed by atoms with Crippen molar-refractivity contribution < 1.29 is 14.8 Å². The van der Waals surface area contributed by atoms with Gasteiger partial charge in [-0.3, -0.25) is 4.90 Å². The molecule has 0 bridgehead atoms. The maximum Gasteiger partial charge on any atom is 0.488 e. The fourth-order valence-electron chi connectivity index (χ4n) is 2.30. The molecule has 1 aromatic carbocycles. The Hall–Kier alpha value is -1.08. The molecule has 0 radical (unpaired) electrons. The predicted molar refractivity (Wildman–Crippen MR) is 86.9 cm³/mol. The molecule has 0 aliphatic carbocycles. The highest BCUT2D eigenvalue weighted by Gasteiger charge is 2.18. The standard InChI is InChI=1S/C15H27BN2O3/c1-5-18(10-6-9-17(2)3)12-13-11-14(21-4)7-8-15(13)16(19)20/h7-8,11,19-20H,5-6,9-10,12H2,1-4H3. The van der Waals surface area contributed by atoms with E-state index in [-0.39, 0.29) is 0 Å². The number of methoxy groups -OCH3 is 1. The molecule has 0 amide bonds. The quantitative estimate of drug-likeness (QED) is 0.635. The lowest BCUT2D eigenvalue weighted by atomic mass is 9.77. The van der Waals surface area contributed by atoms with Crippen LogP contribution in [0.3, 0.4) is 0 Å². The molecule has 5 nitrogen and oxygen atoms in total. The van der Waals surface area contributed by atoms with Gasteiger partial charge in [-0.2, -0.15) is 0 Å². The van der Waals surface area contributed by atoms with Gasteiger partial charge in [0.05, 0.1) is 7.11 Å². The summed E-state index contributed by atoms with van der Waals surface area (Å²) in [5.74, 6) is 0.735. The van der Waals surface area contributed by atoms with Crippen LogP contribution in [-0.4, -0.2) is 67.8 Å². The van der Waals surface area contributed by atoms with Crippen molar-refractivity contribution in [3.63, 3.8) is 0 Å². The molecular weight excluding hydrogens is 267 g/mol. The summed E-state index contributed by atoms with van der Waals surface area (Å²) in [7, 11) is 4.30. The van der Waals surface area contributed by atoms with Crippen molar-refractivity contribution in [1.82, 2.24) is 9.80 Å². The zero-order chi connectivity index (χ0) is 15.8. The minimum Gasteiger partial charge on any atom is -0.497 e. The van der Waals surface area contributed by atoms with Crippen LogP contribution in [0.1, 0.15) is 18.9 Å². The lowest BCUT2D eigenvalue weighted by Gasteiger charge is -2.23. The van der Waals surface area contributed by atoms with Crippen LogP contribution in [-0.2, 0) is 6.54 Å². The average molecular weight is 294 g/mol. The van der Waals surface area contributed by atoms with Crippen LogP contribution >= 0.6 is 0 Å². The van der Waals surface area contributed by atoms with E-state index in [1.807, 2.05) is 6.07 Å². The van der Waals surface area contributed by atoms with Gasteiger partial charge in [0.15, 0.2) is 0 Å². The molecule has 0 saturated heterocycles. The molecule has 0 heterocycles. The smallest absolute Gasteiger partial charge is 0.488 e. The average Bonchev–Trinajstić information content (AvgIpc) is 2.45. The first-order valence-corrected chi connectivity index (χ1v) is 7.38. The zero-order valence-electron chi connectivity index (χ0n) is 13.5. The Morgan fingerprint density at radius 2 is 1.90 bits per heavy atom. The zero-order valence-corrected chi connectivity index (χ0v) is 13.5. The Morgan fingerprint density at radius 1 is 1.19 bits per heavy atom. The summed E-state index contributed by atoms with van der Waals surface area (Å²) in [4.78, 5) is 4.46. The Balaban J connectivity index is 2.77. The van der Waals surface area contributed by atoms with Crippen molar-refractivity contribution >= 4 is 12.6 Å². The molecular formula is C15H27BN2O3. The van der Waals surface area contributed by atoms with Gasteiger partial charge in [-0.1, -0.05) is 13.0 Å². The summed E-state index contributed by atoms with van der Waals surface area (Å²) in [5, 5.41) is 19.0. The number of rotatable bonds is 9. The van der Waals surface area contributed by atoms with Gasteiger partial charge >= 0.3 is 7.12 Å². The van der Waals surface area contributed by atoms with Crippen LogP contribution < -0.4 is 10.2 Å². The third-order valence-electron chi connectivity index (χ3n) is 3.55. The minimum atomic E-state index is -1.45. The maximum atomic E-state index is 9.49. The normalized spacial score (nSPS) is 11.2. The molecule has 0 unspecified atom stereocenters.